The first-order valence-electron chi connectivity index (χ1n) is 8.68. The maximum absolute atomic E-state index is 12.1. The fraction of sp³-hybridized carbons (Fsp3) is 0.0526. The molecule has 0 aliphatic heterocycles. The second-order valence-electron chi connectivity index (χ2n) is 6.04. The van der Waals surface area contributed by atoms with Gasteiger partial charge < -0.3 is 0 Å². The minimum Gasteiger partial charge on any atom is -0.277 e. The molecule has 4 rings (SSSR count). The van der Waals surface area contributed by atoms with Crippen LogP contribution in [-0.4, -0.2) is 38.0 Å². The molecule has 11 heteroatoms. The maximum atomic E-state index is 12.1. The van der Waals surface area contributed by atoms with Crippen LogP contribution < -0.4 is 5.43 Å². The number of nitro groups is 1. The topological polar surface area (TPSA) is 126 Å². The van der Waals surface area contributed by atoms with Gasteiger partial charge in [-0.15, -0.1) is 11.3 Å². The van der Waals surface area contributed by atoms with Gasteiger partial charge in [0, 0.05) is 23.3 Å². The molecular formula is C19H14N6O3S2. The zero-order chi connectivity index (χ0) is 20.9. The number of para-hydroxylation sites is 1. The third kappa shape index (κ3) is 4.53. The first-order chi connectivity index (χ1) is 14.6. The molecule has 30 heavy (non-hydrogen) atoms. The molecule has 0 bridgehead atoms. The second kappa shape index (κ2) is 8.84. The SMILES string of the molecule is O=C(CSc1nc2ccccc2s1)NN=Cc1cn[nH]c1-c1cccc([N+](=O)[O-])c1. The number of nitrogens with zero attached hydrogens (tertiary/aromatic N) is 4. The van der Waals surface area contributed by atoms with E-state index in [9.17, 15) is 14.9 Å². The summed E-state index contributed by atoms with van der Waals surface area (Å²) in [6.07, 6.45) is 2.97. The number of H-pyrrole nitrogens is 1. The van der Waals surface area contributed by atoms with E-state index in [1.54, 1.807) is 12.1 Å². The lowest BCUT2D eigenvalue weighted by Crippen LogP contribution is -2.19. The summed E-state index contributed by atoms with van der Waals surface area (Å²) >= 11 is 2.88. The number of nitro benzene ring substituents is 1. The number of hydrogen-bond acceptors (Lipinski definition) is 8. The highest BCUT2D eigenvalue weighted by Crippen LogP contribution is 2.29. The molecule has 0 radical (unpaired) electrons. The molecule has 2 N–H and O–H groups in total. The summed E-state index contributed by atoms with van der Waals surface area (Å²) in [5.74, 6) is -0.0868. The summed E-state index contributed by atoms with van der Waals surface area (Å²) in [5, 5.41) is 21.7. The fourth-order valence-electron chi connectivity index (χ4n) is 2.65. The molecule has 0 spiro atoms. The number of rotatable bonds is 7. The fourth-order valence-corrected chi connectivity index (χ4v) is 4.51. The van der Waals surface area contributed by atoms with E-state index < -0.39 is 4.92 Å². The van der Waals surface area contributed by atoms with Gasteiger partial charge >= 0.3 is 0 Å². The maximum Gasteiger partial charge on any atom is 0.270 e. The van der Waals surface area contributed by atoms with E-state index in [0.29, 0.717) is 16.8 Å². The molecule has 2 heterocycles. The van der Waals surface area contributed by atoms with Crippen LogP contribution in [0.1, 0.15) is 5.56 Å². The molecule has 2 aromatic heterocycles. The summed E-state index contributed by atoms with van der Waals surface area (Å²) in [6.45, 7) is 0. The van der Waals surface area contributed by atoms with Gasteiger partial charge in [-0.1, -0.05) is 36.0 Å². The highest BCUT2D eigenvalue weighted by atomic mass is 32.2. The van der Waals surface area contributed by atoms with Crippen molar-refractivity contribution in [1.29, 1.82) is 0 Å². The van der Waals surface area contributed by atoms with Crippen molar-refractivity contribution in [2.24, 2.45) is 5.10 Å². The zero-order valence-electron chi connectivity index (χ0n) is 15.3. The Morgan fingerprint density at radius 3 is 3.00 bits per heavy atom. The number of hydrogen-bond donors (Lipinski definition) is 2. The van der Waals surface area contributed by atoms with Crippen LogP contribution in [0.2, 0.25) is 0 Å². The van der Waals surface area contributed by atoms with E-state index >= 15 is 0 Å². The molecule has 0 aliphatic carbocycles. The van der Waals surface area contributed by atoms with Crippen LogP contribution in [0.15, 0.2) is 64.2 Å². The van der Waals surface area contributed by atoms with Gasteiger partial charge in [0.25, 0.3) is 11.6 Å². The van der Waals surface area contributed by atoms with Crippen LogP contribution in [0.3, 0.4) is 0 Å². The predicted molar refractivity (Wildman–Crippen MR) is 117 cm³/mol. The van der Waals surface area contributed by atoms with Crippen molar-refractivity contribution < 1.29 is 9.72 Å². The average molecular weight is 438 g/mol. The molecule has 0 atom stereocenters. The zero-order valence-corrected chi connectivity index (χ0v) is 16.9. The summed E-state index contributed by atoms with van der Waals surface area (Å²) in [7, 11) is 0. The Hall–Kier alpha value is -3.57. The monoisotopic (exact) mass is 438 g/mol. The Balaban J connectivity index is 1.37. The number of benzene rings is 2. The number of aromatic amines is 1. The van der Waals surface area contributed by atoms with Crippen LogP contribution >= 0.6 is 23.1 Å². The second-order valence-corrected chi connectivity index (χ2v) is 8.29. The first-order valence-corrected chi connectivity index (χ1v) is 10.5. The number of nitrogens with one attached hydrogen (secondary N) is 2. The van der Waals surface area contributed by atoms with Gasteiger partial charge in [0.2, 0.25) is 0 Å². The van der Waals surface area contributed by atoms with Crippen molar-refractivity contribution >= 4 is 51.1 Å². The molecule has 2 aromatic carbocycles. The number of thiazole rings is 1. The van der Waals surface area contributed by atoms with Crippen LogP contribution in [0, 0.1) is 10.1 Å². The molecule has 4 aromatic rings. The summed E-state index contributed by atoms with van der Waals surface area (Å²) < 4.78 is 1.89. The molecule has 0 saturated carbocycles. The molecule has 0 fully saturated rings. The molecule has 9 nitrogen and oxygen atoms in total. The summed E-state index contributed by atoms with van der Waals surface area (Å²) in [6, 6.07) is 14.0. The number of amides is 1. The van der Waals surface area contributed by atoms with E-state index in [1.807, 2.05) is 24.3 Å². The molecule has 1 amide bonds. The Bertz CT molecular complexity index is 1220. The number of non-ortho nitro benzene ring substituents is 1. The number of fused-ring (bicyclic) bond motifs is 1. The van der Waals surface area contributed by atoms with Gasteiger partial charge in [0.15, 0.2) is 4.34 Å². The molecule has 0 aliphatic rings. The Kier molecular flexibility index (Phi) is 5.82. The standard InChI is InChI=1S/C19H14N6O3S2/c26-17(11-29-19-22-15-6-1-2-7-16(15)30-19)23-20-9-13-10-21-24-18(13)12-4-3-5-14(8-12)25(27)28/h1-10H,11H2,(H,21,24)(H,23,26). The smallest absolute Gasteiger partial charge is 0.270 e. The first kappa shape index (κ1) is 19.7. The van der Waals surface area contributed by atoms with Crippen LogP contribution in [0.5, 0.6) is 0 Å². The van der Waals surface area contributed by atoms with Crippen LogP contribution in [-0.2, 0) is 4.79 Å². The van der Waals surface area contributed by atoms with E-state index in [2.05, 4.69) is 25.7 Å². The van der Waals surface area contributed by atoms with Crippen molar-refractivity contribution in [2.45, 2.75) is 4.34 Å². The van der Waals surface area contributed by atoms with Crippen LogP contribution in [0.4, 0.5) is 5.69 Å². The Morgan fingerprint density at radius 1 is 1.30 bits per heavy atom. The number of hydrazone groups is 1. The number of carbonyl (C=O) groups is 1. The third-order valence-corrected chi connectivity index (χ3v) is 6.19. The van der Waals surface area contributed by atoms with Crippen molar-refractivity contribution in [2.75, 3.05) is 5.75 Å². The van der Waals surface area contributed by atoms with Gasteiger partial charge in [0.1, 0.15) is 0 Å². The van der Waals surface area contributed by atoms with Gasteiger partial charge in [-0.3, -0.25) is 20.0 Å². The number of aromatic nitrogens is 3. The molecular weight excluding hydrogens is 424 g/mol. The quantitative estimate of drug-likeness (QED) is 0.195. The Morgan fingerprint density at radius 2 is 2.17 bits per heavy atom. The van der Waals surface area contributed by atoms with E-state index in [-0.39, 0.29) is 17.3 Å². The van der Waals surface area contributed by atoms with E-state index in [4.69, 9.17) is 0 Å². The highest BCUT2D eigenvalue weighted by Gasteiger charge is 2.11. The number of carbonyl (C=O) groups excluding carboxylic acids is 1. The minimum atomic E-state index is -0.461. The van der Waals surface area contributed by atoms with Gasteiger partial charge in [0.05, 0.1) is 39.0 Å². The summed E-state index contributed by atoms with van der Waals surface area (Å²) in [5.41, 5.74) is 5.12. The van der Waals surface area contributed by atoms with Crippen molar-refractivity contribution in [3.05, 3.63) is 70.4 Å². The lowest BCUT2D eigenvalue weighted by atomic mass is 10.1. The van der Waals surface area contributed by atoms with Gasteiger partial charge in [-0.25, -0.2) is 10.4 Å². The third-order valence-electron chi connectivity index (χ3n) is 4.01. The van der Waals surface area contributed by atoms with Gasteiger partial charge in [-0.05, 0) is 12.1 Å². The van der Waals surface area contributed by atoms with E-state index in [1.165, 1.54) is 47.6 Å². The normalized spacial score (nSPS) is 11.2. The Labute approximate surface area is 178 Å². The van der Waals surface area contributed by atoms with Crippen molar-refractivity contribution in [1.82, 2.24) is 20.6 Å². The summed E-state index contributed by atoms with van der Waals surface area (Å²) in [4.78, 5) is 27.0. The number of thioether (sulfide) groups is 1. The molecule has 0 unspecified atom stereocenters. The largest absolute Gasteiger partial charge is 0.277 e. The molecule has 150 valence electrons. The molecule has 0 saturated heterocycles. The van der Waals surface area contributed by atoms with Crippen molar-refractivity contribution in [3.8, 4) is 11.3 Å². The van der Waals surface area contributed by atoms with E-state index in [0.717, 1.165) is 14.6 Å². The lowest BCUT2D eigenvalue weighted by molar-refractivity contribution is -0.384. The minimum absolute atomic E-state index is 0.0230. The van der Waals surface area contributed by atoms with Crippen molar-refractivity contribution in [3.63, 3.8) is 0 Å². The van der Waals surface area contributed by atoms with Crippen LogP contribution in [0.25, 0.3) is 21.5 Å². The highest BCUT2D eigenvalue weighted by molar-refractivity contribution is 8.01. The predicted octanol–water partition coefficient (Wildman–Crippen LogP) is 3.84. The average Bonchev–Trinajstić information content (AvgIpc) is 3.39. The lowest BCUT2D eigenvalue weighted by Gasteiger charge is -2.00. The van der Waals surface area contributed by atoms with Gasteiger partial charge in [-0.2, -0.15) is 10.2 Å².